The van der Waals surface area contributed by atoms with E-state index in [4.69, 9.17) is 0 Å². The molecule has 1 aliphatic carbocycles. The summed E-state index contributed by atoms with van der Waals surface area (Å²) in [5, 5.41) is 9.27. The molecule has 0 bridgehead atoms. The van der Waals surface area contributed by atoms with Crippen molar-refractivity contribution in [1.82, 2.24) is 0 Å². The molecule has 0 atom stereocenters. The number of fused-ring (bicyclic) bond motifs is 1. The van der Waals surface area contributed by atoms with Gasteiger partial charge in [-0.15, -0.1) is 0 Å². The second-order valence-corrected chi connectivity index (χ2v) is 4.22. The number of hydrogen-bond donors (Lipinski definition) is 0. The topological polar surface area (TPSA) is 40.9 Å². The highest BCUT2D eigenvalue weighted by Crippen LogP contribution is 2.38. The molecule has 90 valence electrons. The predicted octanol–water partition coefficient (Wildman–Crippen LogP) is 3.46. The molecule has 0 N–H and O–H groups in total. The molecule has 2 aromatic carbocycles. The Morgan fingerprint density at radius 1 is 0.895 bits per heavy atom. The Hall–Kier alpha value is -2.73. The Morgan fingerprint density at radius 2 is 1.47 bits per heavy atom. The molecule has 0 radical (unpaired) electrons. The fourth-order valence-corrected chi connectivity index (χ4v) is 2.32. The molecule has 1 aliphatic rings. The van der Waals surface area contributed by atoms with E-state index in [0.717, 1.165) is 0 Å². The first-order valence-electron chi connectivity index (χ1n) is 5.77. The van der Waals surface area contributed by atoms with Gasteiger partial charge in [0, 0.05) is 16.7 Å². The number of carbonyl (C=O) groups is 1. The molecule has 3 rings (SSSR count). The summed E-state index contributed by atoms with van der Waals surface area (Å²) in [5.74, 6) is -0.788. The zero-order valence-corrected chi connectivity index (χ0v) is 9.85. The van der Waals surface area contributed by atoms with Crippen LogP contribution in [0.15, 0.2) is 48.5 Å². The van der Waals surface area contributed by atoms with Crippen LogP contribution in [0.1, 0.15) is 21.5 Å². The van der Waals surface area contributed by atoms with Crippen LogP contribution >= 0.6 is 0 Å². The molecule has 2 aromatic rings. The number of halogens is 1. The lowest BCUT2D eigenvalue weighted by atomic mass is 10.00. The van der Waals surface area contributed by atoms with Crippen molar-refractivity contribution in [3.63, 3.8) is 0 Å². The van der Waals surface area contributed by atoms with Crippen LogP contribution in [0.4, 0.5) is 4.39 Å². The van der Waals surface area contributed by atoms with Gasteiger partial charge in [-0.05, 0) is 6.07 Å². The quantitative estimate of drug-likeness (QED) is 0.776. The van der Waals surface area contributed by atoms with E-state index in [1.54, 1.807) is 36.4 Å². The third-order valence-corrected chi connectivity index (χ3v) is 3.17. The summed E-state index contributed by atoms with van der Waals surface area (Å²) in [7, 11) is 0. The van der Waals surface area contributed by atoms with Gasteiger partial charge >= 0.3 is 0 Å². The van der Waals surface area contributed by atoms with Crippen molar-refractivity contribution >= 4 is 16.9 Å². The number of rotatable bonds is 1. The van der Waals surface area contributed by atoms with Crippen LogP contribution in [0.2, 0.25) is 0 Å². The van der Waals surface area contributed by atoms with Crippen molar-refractivity contribution in [3.8, 4) is 6.07 Å². The average molecular weight is 249 g/mol. The lowest BCUT2D eigenvalue weighted by Crippen LogP contribution is -2.00. The van der Waals surface area contributed by atoms with Crippen LogP contribution < -0.4 is 0 Å². The van der Waals surface area contributed by atoms with E-state index in [1.807, 2.05) is 6.07 Å². The van der Waals surface area contributed by atoms with E-state index in [9.17, 15) is 14.4 Å². The van der Waals surface area contributed by atoms with Crippen molar-refractivity contribution in [2.24, 2.45) is 0 Å². The minimum Gasteiger partial charge on any atom is -0.289 e. The Kier molecular flexibility index (Phi) is 2.50. The average Bonchev–Trinajstić information content (AvgIpc) is 2.73. The first-order chi connectivity index (χ1) is 9.24. The number of allylic oxidation sites excluding steroid dienone is 2. The minimum absolute atomic E-state index is 0.154. The van der Waals surface area contributed by atoms with Gasteiger partial charge in [0.2, 0.25) is 0 Å². The van der Waals surface area contributed by atoms with Gasteiger partial charge in [0.05, 0.1) is 11.1 Å². The molecule has 0 aliphatic heterocycles. The first-order valence-corrected chi connectivity index (χ1v) is 5.77. The zero-order chi connectivity index (χ0) is 13.4. The molecule has 0 unspecified atom stereocenters. The van der Waals surface area contributed by atoms with Crippen molar-refractivity contribution in [3.05, 3.63) is 71.0 Å². The van der Waals surface area contributed by atoms with Gasteiger partial charge in [0.1, 0.15) is 11.9 Å². The Morgan fingerprint density at radius 3 is 2.11 bits per heavy atom. The fraction of sp³-hybridized carbons (Fsp3) is 0. The molecular weight excluding hydrogens is 241 g/mol. The molecule has 0 fully saturated rings. The summed E-state index contributed by atoms with van der Waals surface area (Å²) in [6.07, 6.45) is 0. The molecule has 0 saturated heterocycles. The molecule has 0 saturated carbocycles. The standard InChI is InChI=1S/C16H8FNO/c17-14-8-4-3-7-12(14)15-13(9-18)10-5-1-2-6-11(10)16(15)19/h1-8H. The Balaban J connectivity index is 2.31. The van der Waals surface area contributed by atoms with Gasteiger partial charge in [-0.3, -0.25) is 4.79 Å². The molecule has 0 amide bonds. The maximum atomic E-state index is 13.9. The van der Waals surface area contributed by atoms with Crippen LogP contribution in [-0.4, -0.2) is 5.78 Å². The van der Waals surface area contributed by atoms with E-state index < -0.39 is 5.82 Å². The number of nitriles is 1. The summed E-state index contributed by atoms with van der Waals surface area (Å²) >= 11 is 0. The summed E-state index contributed by atoms with van der Waals surface area (Å²) < 4.78 is 13.9. The SMILES string of the molecule is N#CC1=C(c2ccccc2F)C(=O)c2ccccc21. The van der Waals surface area contributed by atoms with Crippen LogP contribution in [0, 0.1) is 17.1 Å². The third-order valence-electron chi connectivity index (χ3n) is 3.17. The second kappa shape index (κ2) is 4.18. The second-order valence-electron chi connectivity index (χ2n) is 4.22. The number of hydrogen-bond acceptors (Lipinski definition) is 2. The van der Waals surface area contributed by atoms with Gasteiger partial charge in [0.15, 0.2) is 5.78 Å². The van der Waals surface area contributed by atoms with Crippen molar-refractivity contribution in [2.45, 2.75) is 0 Å². The lowest BCUT2D eigenvalue weighted by Gasteiger charge is -2.03. The van der Waals surface area contributed by atoms with E-state index in [-0.39, 0.29) is 22.5 Å². The maximum absolute atomic E-state index is 13.9. The van der Waals surface area contributed by atoms with Crippen molar-refractivity contribution < 1.29 is 9.18 Å². The van der Waals surface area contributed by atoms with Crippen LogP contribution in [0.25, 0.3) is 11.1 Å². The highest BCUT2D eigenvalue weighted by atomic mass is 19.1. The highest BCUT2D eigenvalue weighted by Gasteiger charge is 2.31. The maximum Gasteiger partial charge on any atom is 0.195 e. The Bertz CT molecular complexity index is 768. The van der Waals surface area contributed by atoms with Crippen molar-refractivity contribution in [2.75, 3.05) is 0 Å². The van der Waals surface area contributed by atoms with Crippen molar-refractivity contribution in [1.29, 1.82) is 5.26 Å². The summed E-state index contributed by atoms with van der Waals surface area (Å²) in [4.78, 5) is 12.3. The molecule has 2 nitrogen and oxygen atoms in total. The van der Waals surface area contributed by atoms with Crippen LogP contribution in [0.5, 0.6) is 0 Å². The number of Topliss-reactive ketones (excluding diaryl/α,β-unsaturated/α-hetero) is 1. The minimum atomic E-state index is -0.494. The number of ketones is 1. The summed E-state index contributed by atoms with van der Waals surface area (Å²) in [6.45, 7) is 0. The van der Waals surface area contributed by atoms with Gasteiger partial charge in [0.25, 0.3) is 0 Å². The lowest BCUT2D eigenvalue weighted by molar-refractivity contribution is 0.105. The summed E-state index contributed by atoms with van der Waals surface area (Å²) in [5.41, 5.74) is 1.61. The van der Waals surface area contributed by atoms with Crippen LogP contribution in [-0.2, 0) is 0 Å². The highest BCUT2D eigenvalue weighted by molar-refractivity contribution is 6.41. The smallest absolute Gasteiger partial charge is 0.195 e. The van der Waals surface area contributed by atoms with Crippen LogP contribution in [0.3, 0.4) is 0 Å². The Labute approximate surface area is 109 Å². The largest absolute Gasteiger partial charge is 0.289 e. The molecule has 0 heterocycles. The van der Waals surface area contributed by atoms with E-state index >= 15 is 0 Å². The predicted molar refractivity (Wildman–Crippen MR) is 69.6 cm³/mol. The monoisotopic (exact) mass is 249 g/mol. The summed E-state index contributed by atoms with van der Waals surface area (Å²) in [6, 6.07) is 14.9. The van der Waals surface area contributed by atoms with E-state index in [0.29, 0.717) is 11.1 Å². The number of carbonyl (C=O) groups excluding carboxylic acids is 1. The molecule has 19 heavy (non-hydrogen) atoms. The van der Waals surface area contributed by atoms with E-state index in [1.165, 1.54) is 12.1 Å². The first kappa shape index (κ1) is 11.4. The van der Waals surface area contributed by atoms with Gasteiger partial charge in [-0.1, -0.05) is 42.5 Å². The van der Waals surface area contributed by atoms with Gasteiger partial charge in [-0.25, -0.2) is 4.39 Å². The molecule has 3 heteroatoms. The number of nitrogens with zero attached hydrogens (tertiary/aromatic N) is 1. The normalized spacial score (nSPS) is 13.4. The molecule has 0 spiro atoms. The third kappa shape index (κ3) is 1.58. The van der Waals surface area contributed by atoms with E-state index in [2.05, 4.69) is 0 Å². The van der Waals surface area contributed by atoms with Gasteiger partial charge in [-0.2, -0.15) is 5.26 Å². The van der Waals surface area contributed by atoms with Gasteiger partial charge < -0.3 is 0 Å². The number of benzene rings is 2. The molecular formula is C16H8FNO. The molecule has 0 aromatic heterocycles. The fourth-order valence-electron chi connectivity index (χ4n) is 2.32. The zero-order valence-electron chi connectivity index (χ0n) is 9.85.